The van der Waals surface area contributed by atoms with Crippen molar-refractivity contribution in [2.75, 3.05) is 5.75 Å². The molecule has 0 fully saturated rings. The Balaban J connectivity index is 2.46. The number of benzene rings is 1. The molecule has 1 nitrogen and oxygen atoms in total. The van der Waals surface area contributed by atoms with Gasteiger partial charge in [-0.05, 0) is 36.0 Å². The van der Waals surface area contributed by atoms with Gasteiger partial charge in [0.2, 0.25) is 0 Å². The van der Waals surface area contributed by atoms with Gasteiger partial charge in [-0.3, -0.25) is 4.21 Å². The molecule has 0 aromatic heterocycles. The fourth-order valence-electron chi connectivity index (χ4n) is 1.85. The molecule has 0 spiro atoms. The van der Waals surface area contributed by atoms with Crippen LogP contribution in [0.4, 0.5) is 0 Å². The third-order valence-electron chi connectivity index (χ3n) is 2.78. The second-order valence-electron chi connectivity index (χ2n) is 4.18. The van der Waals surface area contributed by atoms with Gasteiger partial charge in [-0.25, -0.2) is 0 Å². The van der Waals surface area contributed by atoms with Gasteiger partial charge in [-0.2, -0.15) is 0 Å². The quantitative estimate of drug-likeness (QED) is 0.693. The summed E-state index contributed by atoms with van der Waals surface area (Å²) in [5, 5.41) is 0. The molecule has 0 saturated heterocycles. The minimum atomic E-state index is -0.742. The largest absolute Gasteiger partial charge is 0.254 e. The van der Waals surface area contributed by atoms with Crippen LogP contribution in [0, 0.1) is 0 Å². The molecule has 1 aliphatic rings. The molecule has 2 rings (SSSR count). The molecule has 1 aromatic rings. The van der Waals surface area contributed by atoms with Gasteiger partial charge >= 0.3 is 0 Å². The first-order chi connectivity index (χ1) is 6.68. The Bertz CT molecular complexity index is 369. The molecular formula is C12H16OS. The fraction of sp³-hybridized carbons (Fsp3) is 0.500. The maximum atomic E-state index is 11.8. The lowest BCUT2D eigenvalue weighted by molar-refractivity contribution is 0.673. The van der Waals surface area contributed by atoms with Crippen molar-refractivity contribution in [1.29, 1.82) is 0 Å². The topological polar surface area (TPSA) is 17.1 Å². The van der Waals surface area contributed by atoms with E-state index in [1.807, 2.05) is 0 Å². The summed E-state index contributed by atoms with van der Waals surface area (Å²) in [5.74, 6) is 1.37. The Morgan fingerprint density at radius 2 is 2.14 bits per heavy atom. The Labute approximate surface area is 88.0 Å². The highest BCUT2D eigenvalue weighted by Crippen LogP contribution is 2.26. The highest BCUT2D eigenvalue weighted by molar-refractivity contribution is 7.85. The summed E-state index contributed by atoms with van der Waals surface area (Å²) in [5.41, 5.74) is 2.60. The molecule has 0 N–H and O–H groups in total. The van der Waals surface area contributed by atoms with Crippen LogP contribution in [0.25, 0.3) is 0 Å². The molecule has 1 aliphatic heterocycles. The Morgan fingerprint density at radius 1 is 1.36 bits per heavy atom. The normalized spacial score (nSPS) is 20.9. The van der Waals surface area contributed by atoms with Crippen LogP contribution in [0.2, 0.25) is 0 Å². The Hall–Kier alpha value is -0.630. The number of hydrogen-bond acceptors (Lipinski definition) is 1. The maximum absolute atomic E-state index is 11.8. The third-order valence-corrected chi connectivity index (χ3v) is 4.31. The van der Waals surface area contributed by atoms with E-state index >= 15 is 0 Å². The van der Waals surface area contributed by atoms with E-state index in [4.69, 9.17) is 0 Å². The molecule has 0 radical (unpaired) electrons. The van der Waals surface area contributed by atoms with E-state index in [0.29, 0.717) is 5.92 Å². The van der Waals surface area contributed by atoms with Crippen molar-refractivity contribution in [2.45, 2.75) is 37.5 Å². The summed E-state index contributed by atoms with van der Waals surface area (Å²) in [6.07, 6.45) is 2.17. The van der Waals surface area contributed by atoms with Crippen LogP contribution in [-0.2, 0) is 17.2 Å². The average Bonchev–Trinajstić information content (AvgIpc) is 2.18. The molecular weight excluding hydrogens is 192 g/mol. The molecule has 0 amide bonds. The zero-order chi connectivity index (χ0) is 10.1. The molecule has 0 aliphatic carbocycles. The highest BCUT2D eigenvalue weighted by atomic mass is 32.2. The van der Waals surface area contributed by atoms with Crippen molar-refractivity contribution < 1.29 is 4.21 Å². The Morgan fingerprint density at radius 3 is 2.86 bits per heavy atom. The van der Waals surface area contributed by atoms with Crippen molar-refractivity contribution >= 4 is 10.8 Å². The van der Waals surface area contributed by atoms with Gasteiger partial charge in [0.25, 0.3) is 0 Å². The summed E-state index contributed by atoms with van der Waals surface area (Å²) in [6, 6.07) is 6.46. The predicted octanol–water partition coefficient (Wildman–Crippen LogP) is 2.86. The summed E-state index contributed by atoms with van der Waals surface area (Å²) in [7, 11) is -0.742. The van der Waals surface area contributed by atoms with Crippen LogP contribution in [0.3, 0.4) is 0 Å². The van der Waals surface area contributed by atoms with Gasteiger partial charge in [0.1, 0.15) is 0 Å². The van der Waals surface area contributed by atoms with Gasteiger partial charge in [0.15, 0.2) is 0 Å². The molecule has 0 saturated carbocycles. The second-order valence-corrected chi connectivity index (χ2v) is 5.71. The van der Waals surface area contributed by atoms with Crippen molar-refractivity contribution in [3.8, 4) is 0 Å². The highest BCUT2D eigenvalue weighted by Gasteiger charge is 2.16. The van der Waals surface area contributed by atoms with Crippen LogP contribution < -0.4 is 0 Å². The van der Waals surface area contributed by atoms with Crippen LogP contribution in [0.1, 0.15) is 37.3 Å². The van der Waals surface area contributed by atoms with Crippen LogP contribution in [0.5, 0.6) is 0 Å². The smallest absolute Gasteiger partial charge is 0.0532 e. The van der Waals surface area contributed by atoms with Crippen molar-refractivity contribution in [1.82, 2.24) is 0 Å². The summed E-state index contributed by atoms with van der Waals surface area (Å²) in [4.78, 5) is 1.09. The molecule has 2 heteroatoms. The minimum Gasteiger partial charge on any atom is -0.254 e. The number of fused-ring (bicyclic) bond motifs is 1. The summed E-state index contributed by atoms with van der Waals surface area (Å²) >= 11 is 0. The molecule has 1 atom stereocenters. The van der Waals surface area contributed by atoms with Gasteiger partial charge in [-0.15, -0.1) is 0 Å². The fourth-order valence-corrected chi connectivity index (χ4v) is 3.21. The van der Waals surface area contributed by atoms with Gasteiger partial charge in [-0.1, -0.05) is 26.0 Å². The van der Waals surface area contributed by atoms with Gasteiger partial charge in [0.05, 0.1) is 10.8 Å². The van der Waals surface area contributed by atoms with Crippen molar-refractivity contribution in [3.05, 3.63) is 29.3 Å². The van der Waals surface area contributed by atoms with E-state index < -0.39 is 10.8 Å². The molecule has 0 bridgehead atoms. The standard InChI is InChI=1S/C12H16OS/c1-9(2)11-6-5-10-4-3-7-14(13)12(10)8-11/h5-6,8-9H,3-4,7H2,1-2H3. The monoisotopic (exact) mass is 208 g/mol. The van der Waals surface area contributed by atoms with Crippen LogP contribution in [-0.4, -0.2) is 9.96 Å². The zero-order valence-corrected chi connectivity index (χ0v) is 9.56. The van der Waals surface area contributed by atoms with E-state index in [9.17, 15) is 4.21 Å². The van der Waals surface area contributed by atoms with E-state index in [1.165, 1.54) is 11.1 Å². The first-order valence-electron chi connectivity index (χ1n) is 5.19. The molecule has 1 heterocycles. The lowest BCUT2D eigenvalue weighted by Crippen LogP contribution is -2.10. The number of rotatable bonds is 1. The molecule has 1 aromatic carbocycles. The molecule has 76 valence electrons. The zero-order valence-electron chi connectivity index (χ0n) is 8.75. The third kappa shape index (κ3) is 1.76. The first-order valence-corrected chi connectivity index (χ1v) is 6.51. The second kappa shape index (κ2) is 3.85. The first kappa shape index (κ1) is 9.91. The van der Waals surface area contributed by atoms with Crippen molar-refractivity contribution in [3.63, 3.8) is 0 Å². The van der Waals surface area contributed by atoms with Gasteiger partial charge < -0.3 is 0 Å². The van der Waals surface area contributed by atoms with Crippen LogP contribution >= 0.6 is 0 Å². The Kier molecular flexibility index (Phi) is 2.73. The van der Waals surface area contributed by atoms with E-state index in [0.717, 1.165) is 23.5 Å². The lowest BCUT2D eigenvalue weighted by Gasteiger charge is -2.17. The average molecular weight is 208 g/mol. The van der Waals surface area contributed by atoms with Crippen molar-refractivity contribution in [2.24, 2.45) is 0 Å². The maximum Gasteiger partial charge on any atom is 0.0532 e. The van der Waals surface area contributed by atoms with E-state index in [1.54, 1.807) is 0 Å². The van der Waals surface area contributed by atoms with E-state index in [-0.39, 0.29) is 0 Å². The summed E-state index contributed by atoms with van der Waals surface area (Å²) < 4.78 is 11.8. The predicted molar refractivity (Wildman–Crippen MR) is 60.1 cm³/mol. The SMILES string of the molecule is CC(C)c1ccc2c(c1)S(=O)CCC2. The lowest BCUT2D eigenvalue weighted by atomic mass is 10.00. The molecule has 14 heavy (non-hydrogen) atoms. The molecule has 1 unspecified atom stereocenters. The van der Waals surface area contributed by atoms with Crippen LogP contribution in [0.15, 0.2) is 23.1 Å². The number of hydrogen-bond donors (Lipinski definition) is 0. The number of aryl methyl sites for hydroxylation is 1. The van der Waals surface area contributed by atoms with Gasteiger partial charge in [0, 0.05) is 10.6 Å². The van der Waals surface area contributed by atoms with E-state index in [2.05, 4.69) is 32.0 Å². The minimum absolute atomic E-state index is 0.527. The summed E-state index contributed by atoms with van der Waals surface area (Å²) in [6.45, 7) is 4.35.